The van der Waals surface area contributed by atoms with E-state index in [9.17, 15) is 5.11 Å². The predicted octanol–water partition coefficient (Wildman–Crippen LogP) is 1.44. The number of ether oxygens (including phenoxy) is 2. The number of hydrogen-bond acceptors (Lipinski definition) is 4. The van der Waals surface area contributed by atoms with Gasteiger partial charge in [0.25, 0.3) is 0 Å². The highest BCUT2D eigenvalue weighted by Crippen LogP contribution is 2.25. The van der Waals surface area contributed by atoms with Crippen LogP contribution < -0.4 is 14.8 Å². The number of hydrogen-bond donors (Lipinski definition) is 2. The molecule has 0 aromatic heterocycles. The van der Waals surface area contributed by atoms with Gasteiger partial charge in [-0.3, -0.25) is 0 Å². The predicted molar refractivity (Wildman–Crippen MR) is 75.4 cm³/mol. The number of para-hydroxylation sites is 2. The first-order chi connectivity index (χ1) is 9.21. The first-order valence-corrected chi connectivity index (χ1v) is 6.34. The molecular formula is C15H21NO3. The van der Waals surface area contributed by atoms with Crippen LogP contribution in [0.15, 0.2) is 24.3 Å². The normalized spacial score (nSPS) is 13.4. The van der Waals surface area contributed by atoms with Gasteiger partial charge < -0.3 is 19.9 Å². The zero-order valence-electron chi connectivity index (χ0n) is 11.4. The molecule has 2 N–H and O–H groups in total. The Kier molecular flexibility index (Phi) is 6.80. The summed E-state index contributed by atoms with van der Waals surface area (Å²) in [7, 11) is 1.58. The zero-order valence-corrected chi connectivity index (χ0v) is 11.4. The molecule has 0 heterocycles. The van der Waals surface area contributed by atoms with Crippen LogP contribution >= 0.6 is 0 Å². The maximum atomic E-state index is 9.82. The van der Waals surface area contributed by atoms with Gasteiger partial charge in [-0.05, 0) is 18.6 Å². The van der Waals surface area contributed by atoms with Gasteiger partial charge in [0.1, 0.15) is 12.7 Å². The van der Waals surface area contributed by atoms with Gasteiger partial charge in [-0.25, -0.2) is 0 Å². The zero-order chi connectivity index (χ0) is 14.1. The number of rotatable bonds is 8. The number of aliphatic hydroxyl groups is 1. The lowest BCUT2D eigenvalue weighted by molar-refractivity contribution is 0.103. The molecule has 0 aliphatic rings. The van der Waals surface area contributed by atoms with Gasteiger partial charge in [0.05, 0.1) is 13.2 Å². The number of benzene rings is 1. The van der Waals surface area contributed by atoms with Crippen LogP contribution in [0.25, 0.3) is 0 Å². The molecule has 19 heavy (non-hydrogen) atoms. The average Bonchev–Trinajstić information content (AvgIpc) is 2.46. The summed E-state index contributed by atoms with van der Waals surface area (Å²) >= 11 is 0. The van der Waals surface area contributed by atoms with Gasteiger partial charge in [0, 0.05) is 6.54 Å². The van der Waals surface area contributed by atoms with Crippen molar-refractivity contribution in [3.8, 4) is 23.8 Å². The molecule has 0 bridgehead atoms. The summed E-state index contributed by atoms with van der Waals surface area (Å²) < 4.78 is 10.7. The van der Waals surface area contributed by atoms with Crippen molar-refractivity contribution in [1.82, 2.24) is 5.32 Å². The summed E-state index contributed by atoms with van der Waals surface area (Å²) in [5.74, 6) is 3.89. The van der Waals surface area contributed by atoms with E-state index >= 15 is 0 Å². The molecule has 1 rings (SSSR count). The molecule has 0 fully saturated rings. The molecule has 0 aliphatic heterocycles. The van der Waals surface area contributed by atoms with E-state index in [4.69, 9.17) is 15.9 Å². The van der Waals surface area contributed by atoms with E-state index in [0.717, 1.165) is 6.42 Å². The topological polar surface area (TPSA) is 50.7 Å². The lowest BCUT2D eigenvalue weighted by Crippen LogP contribution is -2.37. The van der Waals surface area contributed by atoms with Crippen molar-refractivity contribution in [3.05, 3.63) is 24.3 Å². The van der Waals surface area contributed by atoms with Gasteiger partial charge in [-0.2, -0.15) is 0 Å². The van der Waals surface area contributed by atoms with E-state index in [0.29, 0.717) is 18.0 Å². The van der Waals surface area contributed by atoms with Gasteiger partial charge in [0.15, 0.2) is 11.5 Å². The summed E-state index contributed by atoms with van der Waals surface area (Å²) in [6, 6.07) is 7.32. The third kappa shape index (κ3) is 5.21. The molecule has 2 atom stereocenters. The molecule has 104 valence electrons. The molecule has 0 spiro atoms. The van der Waals surface area contributed by atoms with E-state index < -0.39 is 6.10 Å². The minimum Gasteiger partial charge on any atom is -0.493 e. The largest absolute Gasteiger partial charge is 0.493 e. The molecule has 2 unspecified atom stereocenters. The van der Waals surface area contributed by atoms with Crippen molar-refractivity contribution in [2.45, 2.75) is 25.5 Å². The van der Waals surface area contributed by atoms with Crippen molar-refractivity contribution in [3.63, 3.8) is 0 Å². The van der Waals surface area contributed by atoms with Crippen LogP contribution in [-0.4, -0.2) is 37.5 Å². The van der Waals surface area contributed by atoms with E-state index in [1.165, 1.54) is 0 Å². The number of aliphatic hydroxyl groups excluding tert-OH is 1. The smallest absolute Gasteiger partial charge is 0.161 e. The van der Waals surface area contributed by atoms with Crippen LogP contribution in [0, 0.1) is 12.3 Å². The summed E-state index contributed by atoms with van der Waals surface area (Å²) in [6.07, 6.45) is 5.54. The van der Waals surface area contributed by atoms with Crippen molar-refractivity contribution in [1.29, 1.82) is 0 Å². The maximum absolute atomic E-state index is 9.82. The maximum Gasteiger partial charge on any atom is 0.161 e. The van der Waals surface area contributed by atoms with E-state index in [-0.39, 0.29) is 12.6 Å². The third-order valence-electron chi connectivity index (χ3n) is 2.71. The van der Waals surface area contributed by atoms with Crippen molar-refractivity contribution >= 4 is 0 Å². The second-order valence-electron chi connectivity index (χ2n) is 4.15. The fourth-order valence-electron chi connectivity index (χ4n) is 1.58. The van der Waals surface area contributed by atoms with E-state index in [2.05, 4.69) is 11.2 Å². The van der Waals surface area contributed by atoms with E-state index in [1.807, 2.05) is 25.1 Å². The molecule has 4 nitrogen and oxygen atoms in total. The molecule has 0 saturated heterocycles. The lowest BCUT2D eigenvalue weighted by atomic mass is 10.2. The molecule has 0 saturated carbocycles. The Morgan fingerprint density at radius 3 is 2.63 bits per heavy atom. The van der Waals surface area contributed by atoms with E-state index in [1.54, 1.807) is 13.2 Å². The van der Waals surface area contributed by atoms with Gasteiger partial charge in [-0.15, -0.1) is 6.42 Å². The molecule has 1 aromatic carbocycles. The minimum atomic E-state index is -0.618. The van der Waals surface area contributed by atoms with Crippen molar-refractivity contribution < 1.29 is 14.6 Å². The molecule has 0 radical (unpaired) electrons. The highest BCUT2D eigenvalue weighted by molar-refractivity contribution is 5.39. The monoisotopic (exact) mass is 263 g/mol. The Morgan fingerprint density at radius 1 is 1.37 bits per heavy atom. The van der Waals surface area contributed by atoms with Crippen molar-refractivity contribution in [2.24, 2.45) is 0 Å². The standard InChI is InChI=1S/C15H21NO3/c1-4-12(5-2)16-10-13(17)11-19-15-9-7-6-8-14(15)18-3/h1,6-9,12-13,16-17H,5,10-11H2,2-3H3. The van der Waals surface area contributed by atoms with Crippen LogP contribution in [0.1, 0.15) is 13.3 Å². The van der Waals surface area contributed by atoms with Crippen LogP contribution in [0.5, 0.6) is 11.5 Å². The fourth-order valence-corrected chi connectivity index (χ4v) is 1.58. The second-order valence-corrected chi connectivity index (χ2v) is 4.15. The highest BCUT2D eigenvalue weighted by atomic mass is 16.5. The molecule has 0 amide bonds. The van der Waals surface area contributed by atoms with Gasteiger partial charge >= 0.3 is 0 Å². The van der Waals surface area contributed by atoms with Crippen LogP contribution in [-0.2, 0) is 0 Å². The van der Waals surface area contributed by atoms with Gasteiger partial charge in [-0.1, -0.05) is 25.0 Å². The Hall–Kier alpha value is -1.70. The summed E-state index contributed by atoms with van der Waals surface area (Å²) in [5, 5.41) is 12.9. The number of nitrogens with one attached hydrogen (secondary N) is 1. The Labute approximate surface area is 114 Å². The van der Waals surface area contributed by atoms with Crippen LogP contribution in [0.2, 0.25) is 0 Å². The Morgan fingerprint density at radius 2 is 2.05 bits per heavy atom. The number of methoxy groups -OCH3 is 1. The van der Waals surface area contributed by atoms with Crippen molar-refractivity contribution in [2.75, 3.05) is 20.3 Å². The SMILES string of the molecule is C#CC(CC)NCC(O)COc1ccccc1OC. The summed E-state index contributed by atoms with van der Waals surface area (Å²) in [6.45, 7) is 2.58. The average molecular weight is 263 g/mol. The number of terminal acetylenes is 1. The molecule has 0 aliphatic carbocycles. The highest BCUT2D eigenvalue weighted by Gasteiger charge is 2.09. The summed E-state index contributed by atoms with van der Waals surface area (Å²) in [5.41, 5.74) is 0. The summed E-state index contributed by atoms with van der Waals surface area (Å²) in [4.78, 5) is 0. The molecular weight excluding hydrogens is 242 g/mol. The fraction of sp³-hybridized carbons (Fsp3) is 0.467. The van der Waals surface area contributed by atoms with Crippen LogP contribution in [0.3, 0.4) is 0 Å². The quantitative estimate of drug-likeness (QED) is 0.697. The minimum absolute atomic E-state index is 0.0130. The molecule has 1 aromatic rings. The second kappa shape index (κ2) is 8.41. The first-order valence-electron chi connectivity index (χ1n) is 6.34. The third-order valence-corrected chi connectivity index (χ3v) is 2.71. The Bertz CT molecular complexity index is 414. The lowest BCUT2D eigenvalue weighted by Gasteiger charge is -2.16. The first kappa shape index (κ1) is 15.4. The Balaban J connectivity index is 2.38. The van der Waals surface area contributed by atoms with Gasteiger partial charge in [0.2, 0.25) is 0 Å². The molecule has 4 heteroatoms. The van der Waals surface area contributed by atoms with Crippen LogP contribution in [0.4, 0.5) is 0 Å².